The molecule has 116 valence electrons. The van der Waals surface area contributed by atoms with Crippen LogP contribution in [0.5, 0.6) is 0 Å². The highest BCUT2D eigenvalue weighted by Gasteiger charge is 2.23. The van der Waals surface area contributed by atoms with E-state index in [-0.39, 0.29) is 17.6 Å². The van der Waals surface area contributed by atoms with Crippen LogP contribution in [-0.2, 0) is 4.79 Å². The van der Waals surface area contributed by atoms with Gasteiger partial charge in [0.25, 0.3) is 0 Å². The van der Waals surface area contributed by atoms with Crippen molar-refractivity contribution in [3.63, 3.8) is 0 Å². The van der Waals surface area contributed by atoms with Gasteiger partial charge in [0.05, 0.1) is 11.4 Å². The Balaban J connectivity index is 1.84. The molecular weight excluding hydrogens is 281 g/mol. The Bertz CT molecular complexity index is 674. The van der Waals surface area contributed by atoms with Gasteiger partial charge in [-0.15, -0.1) is 0 Å². The van der Waals surface area contributed by atoms with Crippen molar-refractivity contribution in [1.29, 1.82) is 0 Å². The van der Waals surface area contributed by atoms with Crippen molar-refractivity contribution in [1.82, 2.24) is 10.2 Å². The van der Waals surface area contributed by atoms with E-state index < -0.39 is 0 Å². The molecule has 0 atom stereocenters. The molecule has 1 saturated carbocycles. The summed E-state index contributed by atoms with van der Waals surface area (Å²) in [7, 11) is 0. The van der Waals surface area contributed by atoms with Gasteiger partial charge in [0, 0.05) is 11.5 Å². The molecule has 0 bridgehead atoms. The lowest BCUT2D eigenvalue weighted by atomic mass is 9.88. The molecule has 0 saturated heterocycles. The lowest BCUT2D eigenvalue weighted by Crippen LogP contribution is -2.25. The summed E-state index contributed by atoms with van der Waals surface area (Å²) in [4.78, 5) is 12.4. The number of aromatic nitrogens is 2. The Labute approximate surface area is 129 Å². The van der Waals surface area contributed by atoms with Crippen LogP contribution >= 0.6 is 0 Å². The largest absolute Gasteiger partial charge is 0.322 e. The van der Waals surface area contributed by atoms with Crippen LogP contribution in [0.3, 0.4) is 0 Å². The number of nitrogens with zero attached hydrogens (tertiary/aromatic N) is 1. The van der Waals surface area contributed by atoms with Gasteiger partial charge in [-0.1, -0.05) is 31.4 Å². The van der Waals surface area contributed by atoms with Gasteiger partial charge in [0.2, 0.25) is 5.91 Å². The number of carbonyl (C=O) groups excluding carboxylic acids is 1. The predicted octanol–water partition coefficient (Wildman–Crippen LogP) is 4.04. The number of rotatable bonds is 3. The summed E-state index contributed by atoms with van der Waals surface area (Å²) < 4.78 is 13.4. The highest BCUT2D eigenvalue weighted by Crippen LogP contribution is 2.31. The van der Waals surface area contributed by atoms with Crippen LogP contribution in [0, 0.1) is 18.7 Å². The molecule has 4 nitrogen and oxygen atoms in total. The molecule has 1 aromatic carbocycles. The number of benzene rings is 1. The number of hydrogen-bond donors (Lipinski definition) is 2. The first-order chi connectivity index (χ1) is 10.6. The van der Waals surface area contributed by atoms with Crippen molar-refractivity contribution in [2.24, 2.45) is 5.92 Å². The Morgan fingerprint density at radius 1 is 1.32 bits per heavy atom. The van der Waals surface area contributed by atoms with Crippen LogP contribution < -0.4 is 5.32 Å². The monoisotopic (exact) mass is 301 g/mol. The summed E-state index contributed by atoms with van der Waals surface area (Å²) in [5, 5.41) is 10.1. The molecule has 2 aromatic rings. The molecule has 3 rings (SSSR count). The second-order valence-electron chi connectivity index (χ2n) is 5.91. The molecule has 1 aliphatic rings. The summed E-state index contributed by atoms with van der Waals surface area (Å²) in [6, 6.07) is 6.24. The molecular formula is C17H20FN3O. The molecule has 5 heteroatoms. The van der Waals surface area contributed by atoms with Crippen LogP contribution in [0.2, 0.25) is 0 Å². The summed E-state index contributed by atoms with van der Waals surface area (Å²) in [5.41, 5.74) is 2.68. The van der Waals surface area contributed by atoms with Gasteiger partial charge in [-0.05, 0) is 31.9 Å². The lowest BCUT2D eigenvalue weighted by molar-refractivity contribution is -0.120. The van der Waals surface area contributed by atoms with E-state index in [4.69, 9.17) is 0 Å². The molecule has 0 spiro atoms. The number of carbonyl (C=O) groups is 1. The number of aromatic amines is 1. The Morgan fingerprint density at radius 3 is 2.82 bits per heavy atom. The topological polar surface area (TPSA) is 57.8 Å². The van der Waals surface area contributed by atoms with Crippen LogP contribution in [-0.4, -0.2) is 16.1 Å². The highest BCUT2D eigenvalue weighted by atomic mass is 19.1. The Kier molecular flexibility index (Phi) is 4.22. The Morgan fingerprint density at radius 2 is 2.09 bits per heavy atom. The zero-order chi connectivity index (χ0) is 15.5. The van der Waals surface area contributed by atoms with Crippen molar-refractivity contribution < 1.29 is 9.18 Å². The molecule has 1 aliphatic carbocycles. The average Bonchev–Trinajstić information content (AvgIpc) is 2.89. The predicted molar refractivity (Wildman–Crippen MR) is 83.9 cm³/mol. The van der Waals surface area contributed by atoms with Crippen LogP contribution in [0.15, 0.2) is 24.3 Å². The van der Waals surface area contributed by atoms with Crippen molar-refractivity contribution >= 4 is 11.6 Å². The second kappa shape index (κ2) is 6.30. The zero-order valence-electron chi connectivity index (χ0n) is 12.7. The van der Waals surface area contributed by atoms with Gasteiger partial charge in [0.15, 0.2) is 0 Å². The van der Waals surface area contributed by atoms with E-state index in [1.165, 1.54) is 18.6 Å². The third-order valence-electron chi connectivity index (χ3n) is 4.27. The van der Waals surface area contributed by atoms with Crippen molar-refractivity contribution in [2.75, 3.05) is 5.32 Å². The second-order valence-corrected chi connectivity index (χ2v) is 5.91. The van der Waals surface area contributed by atoms with E-state index in [1.54, 1.807) is 12.1 Å². The number of aryl methyl sites for hydroxylation is 1. The molecule has 2 N–H and O–H groups in total. The van der Waals surface area contributed by atoms with Gasteiger partial charge in [-0.3, -0.25) is 9.89 Å². The van der Waals surface area contributed by atoms with E-state index in [0.29, 0.717) is 16.9 Å². The summed E-state index contributed by atoms with van der Waals surface area (Å²) in [6.45, 7) is 1.85. The number of halogens is 1. The summed E-state index contributed by atoms with van der Waals surface area (Å²) in [6.07, 6.45) is 5.32. The zero-order valence-corrected chi connectivity index (χ0v) is 12.7. The molecule has 0 aliphatic heterocycles. The van der Waals surface area contributed by atoms with E-state index in [1.807, 2.05) is 6.92 Å². The summed E-state index contributed by atoms with van der Waals surface area (Å²) in [5.74, 6) is -0.201. The normalized spacial score (nSPS) is 15.7. The number of nitrogens with one attached hydrogen (secondary N) is 2. The van der Waals surface area contributed by atoms with Crippen LogP contribution in [0.25, 0.3) is 11.3 Å². The fourth-order valence-corrected chi connectivity index (χ4v) is 3.02. The highest BCUT2D eigenvalue weighted by molar-refractivity contribution is 5.96. The van der Waals surface area contributed by atoms with E-state index in [2.05, 4.69) is 15.5 Å². The minimum atomic E-state index is -0.317. The maximum atomic E-state index is 13.4. The van der Waals surface area contributed by atoms with E-state index in [9.17, 15) is 9.18 Å². The maximum absolute atomic E-state index is 13.4. The summed E-state index contributed by atoms with van der Waals surface area (Å²) >= 11 is 0. The first-order valence-corrected chi connectivity index (χ1v) is 7.77. The fraction of sp³-hybridized carbons (Fsp3) is 0.412. The molecule has 0 unspecified atom stereocenters. The standard InChI is InChI=1S/C17H20FN3O/c1-11-15(19-17(22)12-6-3-2-4-7-12)16(21-20-11)13-8-5-9-14(18)10-13/h5,8-10,12H,2-4,6-7H2,1H3,(H,19,22)(H,20,21). The SMILES string of the molecule is Cc1[nH]nc(-c2cccc(F)c2)c1NC(=O)C1CCCCC1. The first kappa shape index (κ1) is 14.8. The molecule has 1 amide bonds. The molecule has 1 fully saturated rings. The van der Waals surface area contributed by atoms with Crippen molar-refractivity contribution in [2.45, 2.75) is 39.0 Å². The lowest BCUT2D eigenvalue weighted by Gasteiger charge is -2.20. The minimum Gasteiger partial charge on any atom is -0.322 e. The number of hydrogen-bond acceptors (Lipinski definition) is 2. The minimum absolute atomic E-state index is 0.0434. The van der Waals surface area contributed by atoms with Crippen LogP contribution in [0.1, 0.15) is 37.8 Å². The molecule has 0 radical (unpaired) electrons. The molecule has 1 aromatic heterocycles. The van der Waals surface area contributed by atoms with E-state index in [0.717, 1.165) is 31.4 Å². The average molecular weight is 301 g/mol. The Hall–Kier alpha value is -2.17. The number of H-pyrrole nitrogens is 1. The van der Waals surface area contributed by atoms with Crippen molar-refractivity contribution in [3.8, 4) is 11.3 Å². The fourth-order valence-electron chi connectivity index (χ4n) is 3.02. The molecule has 1 heterocycles. The molecule has 22 heavy (non-hydrogen) atoms. The van der Waals surface area contributed by atoms with Gasteiger partial charge < -0.3 is 5.32 Å². The third-order valence-corrected chi connectivity index (χ3v) is 4.27. The van der Waals surface area contributed by atoms with E-state index >= 15 is 0 Å². The number of anilines is 1. The smallest absolute Gasteiger partial charge is 0.227 e. The first-order valence-electron chi connectivity index (χ1n) is 7.77. The van der Waals surface area contributed by atoms with Gasteiger partial charge in [-0.2, -0.15) is 5.10 Å². The van der Waals surface area contributed by atoms with Gasteiger partial charge >= 0.3 is 0 Å². The quantitative estimate of drug-likeness (QED) is 0.898. The number of amides is 1. The maximum Gasteiger partial charge on any atom is 0.227 e. The van der Waals surface area contributed by atoms with Gasteiger partial charge in [-0.25, -0.2) is 4.39 Å². The van der Waals surface area contributed by atoms with Gasteiger partial charge in [0.1, 0.15) is 11.5 Å². The van der Waals surface area contributed by atoms with Crippen molar-refractivity contribution in [3.05, 3.63) is 35.8 Å². The van der Waals surface area contributed by atoms with Crippen LogP contribution in [0.4, 0.5) is 10.1 Å². The third kappa shape index (κ3) is 3.03.